The normalized spacial score (nSPS) is 32.8. The van der Waals surface area contributed by atoms with Gasteiger partial charge in [-0.25, -0.2) is 4.79 Å². The first-order chi connectivity index (χ1) is 5.27. The van der Waals surface area contributed by atoms with Crippen LogP contribution in [-0.4, -0.2) is 42.3 Å². The molecule has 0 aliphatic carbocycles. The van der Waals surface area contributed by atoms with Crippen molar-refractivity contribution < 1.29 is 9.90 Å². The lowest BCUT2D eigenvalue weighted by Gasteiger charge is -2.11. The highest BCUT2D eigenvalue weighted by molar-refractivity contribution is 5.85. The molecule has 0 aromatic heterocycles. The molecular formula is C7H13ClN2O2. The highest BCUT2D eigenvalue weighted by Crippen LogP contribution is 2.25. The van der Waals surface area contributed by atoms with Crippen molar-refractivity contribution in [1.82, 2.24) is 10.2 Å². The van der Waals surface area contributed by atoms with Gasteiger partial charge in [-0.1, -0.05) is 0 Å². The molecule has 2 saturated heterocycles. The summed E-state index contributed by atoms with van der Waals surface area (Å²) in [4.78, 5) is 12.1. The van der Waals surface area contributed by atoms with E-state index in [1.807, 2.05) is 0 Å². The number of nitrogens with zero attached hydrogens (tertiary/aromatic N) is 1. The van der Waals surface area contributed by atoms with Crippen LogP contribution in [0.1, 0.15) is 0 Å². The van der Waals surface area contributed by atoms with E-state index in [1.165, 1.54) is 4.90 Å². The van der Waals surface area contributed by atoms with E-state index < -0.39 is 6.09 Å². The largest absolute Gasteiger partial charge is 0.465 e. The summed E-state index contributed by atoms with van der Waals surface area (Å²) in [5.74, 6) is 1.15. The number of carboxylic acid groups (broad SMARTS) is 1. The molecule has 2 heterocycles. The van der Waals surface area contributed by atoms with E-state index in [0.29, 0.717) is 11.8 Å². The van der Waals surface area contributed by atoms with Crippen LogP contribution in [0, 0.1) is 11.8 Å². The second-order valence-electron chi connectivity index (χ2n) is 3.37. The van der Waals surface area contributed by atoms with Gasteiger partial charge >= 0.3 is 6.09 Å². The van der Waals surface area contributed by atoms with Crippen molar-refractivity contribution in [2.45, 2.75) is 0 Å². The number of halogens is 1. The summed E-state index contributed by atoms with van der Waals surface area (Å²) in [6.45, 7) is 3.45. The van der Waals surface area contributed by atoms with Gasteiger partial charge in [-0.15, -0.1) is 12.4 Å². The Bertz CT molecular complexity index is 176. The van der Waals surface area contributed by atoms with Crippen LogP contribution < -0.4 is 5.32 Å². The fourth-order valence-corrected chi connectivity index (χ4v) is 2.01. The number of likely N-dealkylation sites (tertiary alicyclic amines) is 1. The number of hydrogen-bond acceptors (Lipinski definition) is 2. The Morgan fingerprint density at radius 2 is 1.83 bits per heavy atom. The van der Waals surface area contributed by atoms with Crippen molar-refractivity contribution in [2.75, 3.05) is 26.2 Å². The quantitative estimate of drug-likeness (QED) is 0.578. The van der Waals surface area contributed by atoms with Crippen LogP contribution >= 0.6 is 12.4 Å². The Morgan fingerprint density at radius 3 is 2.25 bits per heavy atom. The molecule has 2 atom stereocenters. The standard InChI is InChI=1S/C7H12N2O2.ClH/c10-7(11)9-3-5-1-8-2-6(5)4-9;/h5-6,8H,1-4H2,(H,10,11);1H/t5-,6-;/m1./s1. The van der Waals surface area contributed by atoms with E-state index in [4.69, 9.17) is 5.11 Å². The summed E-state index contributed by atoms with van der Waals surface area (Å²) >= 11 is 0. The van der Waals surface area contributed by atoms with Gasteiger partial charge in [0, 0.05) is 26.2 Å². The maximum absolute atomic E-state index is 10.5. The summed E-state index contributed by atoms with van der Waals surface area (Å²) in [5.41, 5.74) is 0. The van der Waals surface area contributed by atoms with Crippen LogP contribution in [0.15, 0.2) is 0 Å². The van der Waals surface area contributed by atoms with Gasteiger partial charge in [-0.3, -0.25) is 0 Å². The third kappa shape index (κ3) is 1.49. The molecule has 5 heteroatoms. The van der Waals surface area contributed by atoms with E-state index >= 15 is 0 Å². The van der Waals surface area contributed by atoms with Gasteiger partial charge in [0.05, 0.1) is 0 Å². The van der Waals surface area contributed by atoms with Crippen LogP contribution in [-0.2, 0) is 0 Å². The molecule has 2 aliphatic heterocycles. The Hall–Kier alpha value is -0.480. The van der Waals surface area contributed by atoms with Crippen LogP contribution in [0.3, 0.4) is 0 Å². The molecule has 0 aromatic rings. The van der Waals surface area contributed by atoms with Crippen molar-refractivity contribution in [1.29, 1.82) is 0 Å². The molecule has 4 nitrogen and oxygen atoms in total. The SMILES string of the molecule is Cl.O=C(O)N1C[C@H]2CNC[C@@H]2C1. The first kappa shape index (κ1) is 9.61. The van der Waals surface area contributed by atoms with E-state index in [2.05, 4.69) is 5.32 Å². The molecule has 0 radical (unpaired) electrons. The van der Waals surface area contributed by atoms with Gasteiger partial charge in [0.2, 0.25) is 0 Å². The predicted octanol–water partition coefficient (Wildman–Crippen LogP) is 0.237. The highest BCUT2D eigenvalue weighted by atomic mass is 35.5. The monoisotopic (exact) mass is 192 g/mol. The number of rotatable bonds is 0. The van der Waals surface area contributed by atoms with E-state index in [9.17, 15) is 4.79 Å². The lowest BCUT2D eigenvalue weighted by atomic mass is 10.0. The zero-order valence-electron chi connectivity index (χ0n) is 6.69. The summed E-state index contributed by atoms with van der Waals surface area (Å²) < 4.78 is 0. The van der Waals surface area contributed by atoms with Crippen molar-refractivity contribution in [3.05, 3.63) is 0 Å². The fourth-order valence-electron chi connectivity index (χ4n) is 2.01. The summed E-state index contributed by atoms with van der Waals surface area (Å²) in [6.07, 6.45) is -0.764. The molecule has 2 N–H and O–H groups in total. The molecule has 70 valence electrons. The molecule has 2 aliphatic rings. The van der Waals surface area contributed by atoms with Crippen LogP contribution in [0.25, 0.3) is 0 Å². The Morgan fingerprint density at radius 1 is 1.33 bits per heavy atom. The molecule has 12 heavy (non-hydrogen) atoms. The minimum Gasteiger partial charge on any atom is -0.465 e. The molecule has 0 aromatic carbocycles. The number of amides is 1. The van der Waals surface area contributed by atoms with Gasteiger partial charge in [0.25, 0.3) is 0 Å². The van der Waals surface area contributed by atoms with Gasteiger partial charge in [0.15, 0.2) is 0 Å². The molecule has 2 fully saturated rings. The molecule has 0 spiro atoms. The van der Waals surface area contributed by atoms with Crippen molar-refractivity contribution >= 4 is 18.5 Å². The molecule has 1 amide bonds. The van der Waals surface area contributed by atoms with Crippen molar-refractivity contribution in [3.8, 4) is 0 Å². The first-order valence-corrected chi connectivity index (χ1v) is 3.96. The number of carbonyl (C=O) groups is 1. The maximum Gasteiger partial charge on any atom is 0.407 e. The van der Waals surface area contributed by atoms with Gasteiger partial charge in [-0.05, 0) is 11.8 Å². The van der Waals surface area contributed by atoms with Crippen molar-refractivity contribution in [3.63, 3.8) is 0 Å². The van der Waals surface area contributed by atoms with Crippen LogP contribution in [0.4, 0.5) is 4.79 Å². The number of hydrogen-bond donors (Lipinski definition) is 2. The summed E-state index contributed by atoms with van der Waals surface area (Å²) in [5, 5.41) is 11.9. The molecule has 2 rings (SSSR count). The smallest absolute Gasteiger partial charge is 0.407 e. The van der Waals surface area contributed by atoms with Gasteiger partial charge in [-0.2, -0.15) is 0 Å². The molecule has 0 unspecified atom stereocenters. The minimum absolute atomic E-state index is 0. The number of nitrogens with one attached hydrogen (secondary N) is 1. The highest BCUT2D eigenvalue weighted by Gasteiger charge is 2.37. The summed E-state index contributed by atoms with van der Waals surface area (Å²) in [7, 11) is 0. The zero-order chi connectivity index (χ0) is 7.84. The van der Waals surface area contributed by atoms with E-state index in [-0.39, 0.29) is 12.4 Å². The third-order valence-corrected chi connectivity index (χ3v) is 2.66. The average molecular weight is 193 g/mol. The third-order valence-electron chi connectivity index (χ3n) is 2.66. The predicted molar refractivity (Wildman–Crippen MR) is 46.7 cm³/mol. The fraction of sp³-hybridized carbons (Fsp3) is 0.857. The second-order valence-corrected chi connectivity index (χ2v) is 3.37. The van der Waals surface area contributed by atoms with E-state index in [0.717, 1.165) is 26.2 Å². The summed E-state index contributed by atoms with van der Waals surface area (Å²) in [6, 6.07) is 0. The average Bonchev–Trinajstić information content (AvgIpc) is 2.40. The Labute approximate surface area is 77.3 Å². The minimum atomic E-state index is -0.764. The van der Waals surface area contributed by atoms with Gasteiger partial charge < -0.3 is 15.3 Å². The zero-order valence-corrected chi connectivity index (χ0v) is 7.51. The maximum atomic E-state index is 10.5. The van der Waals surface area contributed by atoms with Crippen LogP contribution in [0.5, 0.6) is 0 Å². The Kier molecular flexibility index (Phi) is 2.80. The van der Waals surface area contributed by atoms with Crippen LogP contribution in [0.2, 0.25) is 0 Å². The lowest BCUT2D eigenvalue weighted by Crippen LogP contribution is -2.30. The lowest BCUT2D eigenvalue weighted by molar-refractivity contribution is 0.152. The van der Waals surface area contributed by atoms with Gasteiger partial charge in [0.1, 0.15) is 0 Å². The topological polar surface area (TPSA) is 52.6 Å². The van der Waals surface area contributed by atoms with E-state index in [1.54, 1.807) is 0 Å². The number of fused-ring (bicyclic) bond motifs is 1. The second kappa shape index (κ2) is 3.49. The Balaban J connectivity index is 0.000000720. The molecular weight excluding hydrogens is 180 g/mol. The molecule has 0 bridgehead atoms. The first-order valence-electron chi connectivity index (χ1n) is 3.96. The van der Waals surface area contributed by atoms with Crippen molar-refractivity contribution in [2.24, 2.45) is 11.8 Å². The molecule has 0 saturated carbocycles.